The van der Waals surface area contributed by atoms with Crippen LogP contribution < -0.4 is 11.3 Å². The molecule has 0 saturated carbocycles. The topological polar surface area (TPSA) is 47.3 Å². The number of ether oxygens (including phenoxy) is 1. The predicted octanol–water partition coefficient (Wildman–Crippen LogP) is 3.63. The largest absolute Gasteiger partial charge is 0.375 e. The number of nitrogens with two attached hydrogens (primary N) is 1. The third kappa shape index (κ3) is 5.05. The van der Waals surface area contributed by atoms with Crippen molar-refractivity contribution in [2.24, 2.45) is 17.7 Å². The summed E-state index contributed by atoms with van der Waals surface area (Å²) >= 11 is 0. The van der Waals surface area contributed by atoms with Crippen molar-refractivity contribution in [2.75, 3.05) is 0 Å². The molecule has 5 atom stereocenters. The molecule has 3 N–H and O–H groups in total. The van der Waals surface area contributed by atoms with Crippen LogP contribution in [0.25, 0.3) is 0 Å². The highest BCUT2D eigenvalue weighted by atomic mass is 16.5. The average molecular weight is 270 g/mol. The van der Waals surface area contributed by atoms with E-state index in [-0.39, 0.29) is 0 Å². The molecule has 1 saturated heterocycles. The molecule has 0 amide bonds. The first-order valence-corrected chi connectivity index (χ1v) is 8.23. The molecule has 0 aliphatic carbocycles. The third-order valence-electron chi connectivity index (χ3n) is 4.87. The summed E-state index contributed by atoms with van der Waals surface area (Å²) < 4.78 is 5.93. The Morgan fingerprint density at radius 3 is 2.16 bits per heavy atom. The van der Waals surface area contributed by atoms with Gasteiger partial charge < -0.3 is 4.74 Å². The van der Waals surface area contributed by atoms with E-state index in [9.17, 15) is 0 Å². The quantitative estimate of drug-likeness (QED) is 0.382. The summed E-state index contributed by atoms with van der Waals surface area (Å²) in [5.41, 5.74) is 3.05. The SMILES string of the molecule is CCCCCCCCC(NN)C1C(C)OC(C)C1C. The summed E-state index contributed by atoms with van der Waals surface area (Å²) in [6.45, 7) is 8.93. The summed E-state index contributed by atoms with van der Waals surface area (Å²) in [7, 11) is 0. The van der Waals surface area contributed by atoms with E-state index < -0.39 is 0 Å². The van der Waals surface area contributed by atoms with Gasteiger partial charge in [-0.15, -0.1) is 0 Å². The molecule has 19 heavy (non-hydrogen) atoms. The van der Waals surface area contributed by atoms with Crippen LogP contribution >= 0.6 is 0 Å². The van der Waals surface area contributed by atoms with Crippen molar-refractivity contribution in [1.29, 1.82) is 0 Å². The fraction of sp³-hybridized carbons (Fsp3) is 1.00. The lowest BCUT2D eigenvalue weighted by Crippen LogP contribution is -2.45. The van der Waals surface area contributed by atoms with Gasteiger partial charge in [-0.1, -0.05) is 52.4 Å². The Labute approximate surface area is 119 Å². The summed E-state index contributed by atoms with van der Waals surface area (Å²) in [4.78, 5) is 0. The van der Waals surface area contributed by atoms with Gasteiger partial charge in [-0.3, -0.25) is 11.3 Å². The lowest BCUT2D eigenvalue weighted by atomic mass is 9.81. The monoisotopic (exact) mass is 270 g/mol. The van der Waals surface area contributed by atoms with Crippen LogP contribution in [-0.2, 0) is 4.74 Å². The van der Waals surface area contributed by atoms with Crippen LogP contribution in [0.4, 0.5) is 0 Å². The van der Waals surface area contributed by atoms with Crippen LogP contribution in [0.1, 0.15) is 72.6 Å². The minimum atomic E-state index is 0.325. The zero-order chi connectivity index (χ0) is 14.3. The summed E-state index contributed by atoms with van der Waals surface area (Å²) in [6, 6.07) is 0.404. The van der Waals surface area contributed by atoms with Gasteiger partial charge in [0.2, 0.25) is 0 Å². The van der Waals surface area contributed by atoms with Crippen molar-refractivity contribution in [2.45, 2.75) is 90.9 Å². The van der Waals surface area contributed by atoms with E-state index in [1.165, 1.54) is 44.9 Å². The van der Waals surface area contributed by atoms with Crippen LogP contribution in [0.5, 0.6) is 0 Å². The molecule has 0 radical (unpaired) electrons. The first-order chi connectivity index (χ1) is 9.11. The van der Waals surface area contributed by atoms with E-state index >= 15 is 0 Å². The standard InChI is InChI=1S/C16H34N2O/c1-5-6-7-8-9-10-11-15(18-17)16-12(2)13(3)19-14(16)4/h12-16,18H,5-11,17H2,1-4H3. The summed E-state index contributed by atoms with van der Waals surface area (Å²) in [6.07, 6.45) is 9.93. The van der Waals surface area contributed by atoms with Crippen molar-refractivity contribution in [3.05, 3.63) is 0 Å². The maximum atomic E-state index is 5.93. The van der Waals surface area contributed by atoms with Crippen molar-refractivity contribution < 1.29 is 4.74 Å². The maximum absolute atomic E-state index is 5.93. The van der Waals surface area contributed by atoms with Gasteiger partial charge in [-0.25, -0.2) is 0 Å². The van der Waals surface area contributed by atoms with E-state index in [2.05, 4.69) is 33.1 Å². The van der Waals surface area contributed by atoms with Crippen molar-refractivity contribution in [1.82, 2.24) is 5.43 Å². The zero-order valence-electron chi connectivity index (χ0n) is 13.3. The van der Waals surface area contributed by atoms with Crippen LogP contribution in [0.15, 0.2) is 0 Å². The average Bonchev–Trinajstić information content (AvgIpc) is 2.64. The second-order valence-corrected chi connectivity index (χ2v) is 6.31. The van der Waals surface area contributed by atoms with E-state index in [1.807, 2.05) is 0 Å². The Bertz CT molecular complexity index is 235. The second kappa shape index (κ2) is 8.93. The molecule has 0 spiro atoms. The Morgan fingerprint density at radius 1 is 1.00 bits per heavy atom. The fourth-order valence-corrected chi connectivity index (χ4v) is 3.52. The van der Waals surface area contributed by atoms with Gasteiger partial charge in [-0.05, 0) is 26.2 Å². The van der Waals surface area contributed by atoms with Gasteiger partial charge in [0, 0.05) is 12.0 Å². The number of hydrogen-bond donors (Lipinski definition) is 2. The molecule has 0 aromatic rings. The van der Waals surface area contributed by atoms with E-state index in [4.69, 9.17) is 10.6 Å². The Kier molecular flexibility index (Phi) is 7.96. The first kappa shape index (κ1) is 16.9. The van der Waals surface area contributed by atoms with Gasteiger partial charge in [-0.2, -0.15) is 0 Å². The highest BCUT2D eigenvalue weighted by Gasteiger charge is 2.40. The maximum Gasteiger partial charge on any atom is 0.0597 e. The lowest BCUT2D eigenvalue weighted by Gasteiger charge is -2.28. The van der Waals surface area contributed by atoms with Crippen LogP contribution in [-0.4, -0.2) is 18.2 Å². The van der Waals surface area contributed by atoms with Gasteiger partial charge in [0.25, 0.3) is 0 Å². The van der Waals surface area contributed by atoms with E-state index in [1.54, 1.807) is 0 Å². The smallest absolute Gasteiger partial charge is 0.0597 e. The number of unbranched alkanes of at least 4 members (excludes halogenated alkanes) is 5. The molecule has 1 aliphatic rings. The predicted molar refractivity (Wildman–Crippen MR) is 81.8 cm³/mol. The van der Waals surface area contributed by atoms with Gasteiger partial charge >= 0.3 is 0 Å². The number of nitrogens with one attached hydrogen (secondary N) is 1. The molecule has 1 fully saturated rings. The van der Waals surface area contributed by atoms with Crippen LogP contribution in [0.3, 0.4) is 0 Å². The molecule has 0 aromatic carbocycles. The Morgan fingerprint density at radius 2 is 1.63 bits per heavy atom. The van der Waals surface area contributed by atoms with Crippen molar-refractivity contribution in [3.8, 4) is 0 Å². The molecule has 3 nitrogen and oxygen atoms in total. The minimum absolute atomic E-state index is 0.325. The second-order valence-electron chi connectivity index (χ2n) is 6.31. The molecule has 3 heteroatoms. The number of hydrogen-bond acceptors (Lipinski definition) is 3. The first-order valence-electron chi connectivity index (χ1n) is 8.23. The molecule has 114 valence electrons. The highest BCUT2D eigenvalue weighted by molar-refractivity contribution is 4.90. The van der Waals surface area contributed by atoms with Gasteiger partial charge in [0.05, 0.1) is 12.2 Å². The number of hydrazine groups is 1. The van der Waals surface area contributed by atoms with Crippen LogP contribution in [0, 0.1) is 11.8 Å². The van der Waals surface area contributed by atoms with E-state index in [0.29, 0.717) is 30.1 Å². The highest BCUT2D eigenvalue weighted by Crippen LogP contribution is 2.35. The molecular formula is C16H34N2O. The normalized spacial score (nSPS) is 32.7. The zero-order valence-corrected chi connectivity index (χ0v) is 13.3. The van der Waals surface area contributed by atoms with Crippen LogP contribution in [0.2, 0.25) is 0 Å². The molecule has 1 rings (SSSR count). The molecule has 1 heterocycles. The fourth-order valence-electron chi connectivity index (χ4n) is 3.52. The lowest BCUT2D eigenvalue weighted by molar-refractivity contribution is 0.0471. The van der Waals surface area contributed by atoms with Crippen molar-refractivity contribution >= 4 is 0 Å². The molecular weight excluding hydrogens is 236 g/mol. The minimum Gasteiger partial charge on any atom is -0.375 e. The molecule has 1 aliphatic heterocycles. The summed E-state index contributed by atoms with van der Waals surface area (Å²) in [5.74, 6) is 6.92. The third-order valence-corrected chi connectivity index (χ3v) is 4.87. The van der Waals surface area contributed by atoms with Gasteiger partial charge in [0.15, 0.2) is 0 Å². The summed E-state index contributed by atoms with van der Waals surface area (Å²) in [5, 5.41) is 0. The number of rotatable bonds is 9. The Balaban J connectivity index is 2.29. The molecule has 0 bridgehead atoms. The van der Waals surface area contributed by atoms with E-state index in [0.717, 1.165) is 0 Å². The Hall–Kier alpha value is -0.120. The molecule has 5 unspecified atom stereocenters. The van der Waals surface area contributed by atoms with Gasteiger partial charge in [0.1, 0.15) is 0 Å². The van der Waals surface area contributed by atoms with Crippen molar-refractivity contribution in [3.63, 3.8) is 0 Å². The molecule has 0 aromatic heterocycles.